The van der Waals surface area contributed by atoms with Crippen molar-refractivity contribution in [2.45, 2.75) is 31.1 Å². The molecule has 190 valence electrons. The quantitative estimate of drug-likeness (QED) is 0.263. The molecule has 0 unspecified atom stereocenters. The van der Waals surface area contributed by atoms with Gasteiger partial charge in [0.05, 0.1) is 34.9 Å². The average molecular weight is 571 g/mol. The van der Waals surface area contributed by atoms with E-state index in [4.69, 9.17) is 4.74 Å². The van der Waals surface area contributed by atoms with E-state index in [1.54, 1.807) is 18.2 Å². The number of rotatable bonds is 6. The summed E-state index contributed by atoms with van der Waals surface area (Å²) in [6, 6.07) is 17.5. The molecule has 0 saturated heterocycles. The van der Waals surface area contributed by atoms with Crippen LogP contribution in [0.5, 0.6) is 0 Å². The number of nitrogens with one attached hydrogen (secondary N) is 1. The van der Waals surface area contributed by atoms with Gasteiger partial charge in [0.15, 0.2) is 0 Å². The fourth-order valence-corrected chi connectivity index (χ4v) is 5.03. The van der Waals surface area contributed by atoms with Crippen LogP contribution >= 0.6 is 15.9 Å². The van der Waals surface area contributed by atoms with Crippen LogP contribution in [0.1, 0.15) is 50.2 Å². The Labute approximate surface area is 219 Å². The molecule has 9 heteroatoms. The van der Waals surface area contributed by atoms with E-state index in [0.717, 1.165) is 40.4 Å². The second-order valence-corrected chi connectivity index (χ2v) is 10.1. The highest BCUT2D eigenvalue weighted by molar-refractivity contribution is 9.10. The van der Waals surface area contributed by atoms with Crippen LogP contribution in [0.4, 0.5) is 13.2 Å². The number of carbonyl (C=O) groups excluding carboxylic acids is 2. The molecular weight excluding hydrogens is 549 g/mol. The van der Waals surface area contributed by atoms with Crippen LogP contribution in [-0.2, 0) is 23.0 Å². The number of nitrogens with zero attached hydrogens (tertiary/aromatic N) is 1. The lowest BCUT2D eigenvalue weighted by Crippen LogP contribution is -2.35. The van der Waals surface area contributed by atoms with Crippen molar-refractivity contribution < 1.29 is 27.5 Å². The first-order chi connectivity index (χ1) is 17.6. The zero-order valence-corrected chi connectivity index (χ0v) is 21.3. The fraction of sp³-hybridized carbons (Fsp3) is 0.214. The molecule has 1 saturated carbocycles. The summed E-state index contributed by atoms with van der Waals surface area (Å²) < 4.78 is 46.2. The number of hydrogen-bond donors (Lipinski definition) is 1. The molecule has 1 fully saturated rings. The molecule has 1 heterocycles. The van der Waals surface area contributed by atoms with Crippen molar-refractivity contribution in [1.29, 1.82) is 0 Å². The van der Waals surface area contributed by atoms with Crippen LogP contribution in [0.3, 0.4) is 0 Å². The van der Waals surface area contributed by atoms with E-state index in [2.05, 4.69) is 21.2 Å². The summed E-state index contributed by atoms with van der Waals surface area (Å²) in [6.45, 7) is 0.309. The lowest BCUT2D eigenvalue weighted by molar-refractivity contribution is -0.137. The number of hydrogen-bond acceptors (Lipinski definition) is 3. The van der Waals surface area contributed by atoms with Gasteiger partial charge in [-0.15, -0.1) is 0 Å². The van der Waals surface area contributed by atoms with Crippen molar-refractivity contribution in [3.63, 3.8) is 0 Å². The highest BCUT2D eigenvalue weighted by atomic mass is 79.9. The molecular formula is C28H22BrF3N2O3. The van der Waals surface area contributed by atoms with Gasteiger partial charge in [0.1, 0.15) is 0 Å². The molecule has 1 N–H and O–H groups in total. The highest BCUT2D eigenvalue weighted by Crippen LogP contribution is 2.46. The Kier molecular flexibility index (Phi) is 6.35. The molecule has 0 bridgehead atoms. The summed E-state index contributed by atoms with van der Waals surface area (Å²) in [4.78, 5) is 25.3. The third kappa shape index (κ3) is 5.00. The minimum atomic E-state index is -4.39. The molecule has 1 aliphatic rings. The van der Waals surface area contributed by atoms with E-state index < -0.39 is 23.2 Å². The van der Waals surface area contributed by atoms with Crippen LogP contribution in [0.25, 0.3) is 10.9 Å². The van der Waals surface area contributed by atoms with Crippen LogP contribution in [0.2, 0.25) is 0 Å². The lowest BCUT2D eigenvalue weighted by Gasteiger charge is -2.19. The molecule has 4 aromatic rings. The number of fused-ring (bicyclic) bond motifs is 1. The zero-order valence-electron chi connectivity index (χ0n) is 19.7. The SMILES string of the molecule is COC(=O)c1ccc(C2(NC(=O)c3cc(Br)cc4ccn(Cc5ccc(C(F)(F)F)cc5)c34)CC2)cc1. The smallest absolute Gasteiger partial charge is 0.416 e. The van der Waals surface area contributed by atoms with Gasteiger partial charge < -0.3 is 14.6 Å². The molecule has 1 aliphatic carbocycles. The van der Waals surface area contributed by atoms with E-state index in [0.29, 0.717) is 28.8 Å². The molecule has 37 heavy (non-hydrogen) atoms. The second kappa shape index (κ2) is 9.37. The van der Waals surface area contributed by atoms with Gasteiger partial charge in [-0.2, -0.15) is 13.2 Å². The largest absolute Gasteiger partial charge is 0.465 e. The molecule has 5 nitrogen and oxygen atoms in total. The van der Waals surface area contributed by atoms with Gasteiger partial charge in [0, 0.05) is 22.6 Å². The van der Waals surface area contributed by atoms with Crippen LogP contribution in [0, 0.1) is 0 Å². The molecule has 3 aromatic carbocycles. The molecule has 5 rings (SSSR count). The highest BCUT2D eigenvalue weighted by Gasteiger charge is 2.46. The van der Waals surface area contributed by atoms with E-state index in [9.17, 15) is 22.8 Å². The number of carbonyl (C=O) groups is 2. The number of aromatic nitrogens is 1. The van der Waals surface area contributed by atoms with Gasteiger partial charge in [-0.1, -0.05) is 40.2 Å². The van der Waals surface area contributed by atoms with Gasteiger partial charge in [0.25, 0.3) is 5.91 Å². The van der Waals surface area contributed by atoms with Crippen LogP contribution in [-0.4, -0.2) is 23.6 Å². The van der Waals surface area contributed by atoms with Crippen molar-refractivity contribution in [3.05, 3.63) is 105 Å². The van der Waals surface area contributed by atoms with Crippen molar-refractivity contribution in [3.8, 4) is 0 Å². The molecule has 1 amide bonds. The minimum absolute atomic E-state index is 0.256. The third-order valence-corrected chi connectivity index (χ3v) is 7.12. The normalized spacial score (nSPS) is 14.4. The van der Waals surface area contributed by atoms with Gasteiger partial charge >= 0.3 is 12.1 Å². The van der Waals surface area contributed by atoms with Crippen molar-refractivity contribution in [2.75, 3.05) is 7.11 Å². The molecule has 1 aromatic heterocycles. The molecule has 0 spiro atoms. The van der Waals surface area contributed by atoms with E-state index in [1.807, 2.05) is 35.0 Å². The van der Waals surface area contributed by atoms with Gasteiger partial charge in [0.2, 0.25) is 0 Å². The Morgan fingerprint density at radius 3 is 2.30 bits per heavy atom. The number of esters is 1. The fourth-order valence-electron chi connectivity index (χ4n) is 4.55. The van der Waals surface area contributed by atoms with Crippen LogP contribution < -0.4 is 5.32 Å². The first-order valence-electron chi connectivity index (χ1n) is 11.6. The second-order valence-electron chi connectivity index (χ2n) is 9.13. The monoisotopic (exact) mass is 570 g/mol. The van der Waals surface area contributed by atoms with E-state index in [-0.39, 0.29) is 5.91 Å². The number of halogens is 4. The number of benzene rings is 3. The Morgan fingerprint density at radius 2 is 1.70 bits per heavy atom. The minimum Gasteiger partial charge on any atom is -0.465 e. The van der Waals surface area contributed by atoms with Gasteiger partial charge in [-0.25, -0.2) is 4.79 Å². The summed E-state index contributed by atoms with van der Waals surface area (Å²) in [6.07, 6.45) is -1.04. The van der Waals surface area contributed by atoms with Gasteiger partial charge in [-0.05, 0) is 66.4 Å². The predicted molar refractivity (Wildman–Crippen MR) is 136 cm³/mol. The maximum atomic E-state index is 13.6. The third-order valence-electron chi connectivity index (χ3n) is 6.67. The summed E-state index contributed by atoms with van der Waals surface area (Å²) >= 11 is 3.48. The standard InChI is InChI=1S/C28H22BrF3N2O3/c1-37-26(36)18-4-8-20(9-5-18)27(11-12-27)33-25(35)23-15-22(29)14-19-10-13-34(24(19)23)16-17-2-6-21(7-3-17)28(30,31)32/h2-10,13-15H,11-12,16H2,1H3,(H,33,35). The lowest BCUT2D eigenvalue weighted by atomic mass is 10.0. The van der Waals surface area contributed by atoms with Crippen LogP contribution in [0.15, 0.2) is 77.4 Å². The summed E-state index contributed by atoms with van der Waals surface area (Å²) in [5.74, 6) is -0.681. The number of methoxy groups -OCH3 is 1. The molecule has 0 atom stereocenters. The molecule has 0 aliphatic heterocycles. The van der Waals surface area contributed by atoms with Crippen molar-refractivity contribution in [2.24, 2.45) is 0 Å². The maximum Gasteiger partial charge on any atom is 0.416 e. The number of ether oxygens (including phenoxy) is 1. The maximum absolute atomic E-state index is 13.6. The summed E-state index contributed by atoms with van der Waals surface area (Å²) in [5.41, 5.74) is 1.95. The van der Waals surface area contributed by atoms with Crippen molar-refractivity contribution >= 4 is 38.7 Å². The van der Waals surface area contributed by atoms with Crippen molar-refractivity contribution in [1.82, 2.24) is 9.88 Å². The zero-order chi connectivity index (χ0) is 26.4. The first kappa shape index (κ1) is 25.1. The first-order valence-corrected chi connectivity index (χ1v) is 12.3. The number of amides is 1. The summed E-state index contributed by atoms with van der Waals surface area (Å²) in [7, 11) is 1.32. The Balaban J connectivity index is 1.43. The average Bonchev–Trinajstić information content (AvgIpc) is 3.55. The molecule has 0 radical (unpaired) electrons. The number of alkyl halides is 3. The van der Waals surface area contributed by atoms with Gasteiger partial charge in [-0.3, -0.25) is 4.79 Å². The van der Waals surface area contributed by atoms with E-state index >= 15 is 0 Å². The Bertz CT molecular complexity index is 1490. The van der Waals surface area contributed by atoms with E-state index in [1.165, 1.54) is 19.2 Å². The Morgan fingerprint density at radius 1 is 1.03 bits per heavy atom. The predicted octanol–water partition coefficient (Wildman–Crippen LogP) is 6.68. The Hall–Kier alpha value is -3.59. The topological polar surface area (TPSA) is 60.3 Å². The summed E-state index contributed by atoms with van der Waals surface area (Å²) in [5, 5.41) is 4.00.